The van der Waals surface area contributed by atoms with Gasteiger partial charge in [0.25, 0.3) is 0 Å². The molecule has 0 aromatic rings. The minimum Gasteiger partial charge on any atom is -0.355 e. The first-order valence-electron chi connectivity index (χ1n) is 6.58. The molecular formula is C13H27NO2. The van der Waals surface area contributed by atoms with Crippen LogP contribution in [0.5, 0.6) is 0 Å². The molecule has 0 spiro atoms. The molecule has 1 aliphatic heterocycles. The minimum absolute atomic E-state index is 0.0669. The van der Waals surface area contributed by atoms with E-state index in [2.05, 4.69) is 11.8 Å². The van der Waals surface area contributed by atoms with Crippen molar-refractivity contribution in [2.45, 2.75) is 45.3 Å². The first-order valence-corrected chi connectivity index (χ1v) is 6.58. The highest BCUT2D eigenvalue weighted by Crippen LogP contribution is 2.22. The van der Waals surface area contributed by atoms with E-state index in [9.17, 15) is 0 Å². The molecule has 0 saturated carbocycles. The first-order chi connectivity index (χ1) is 7.80. The lowest BCUT2D eigenvalue weighted by Crippen LogP contribution is -2.35. The standard InChI is InChI=1S/C13H27NO2/c1-4-6-12-7-5-9-14(10-8-12)11-13(15-2)16-3/h12-13H,4-11H2,1-3H3. The zero-order valence-electron chi connectivity index (χ0n) is 11.1. The predicted molar refractivity (Wildman–Crippen MR) is 66.5 cm³/mol. The Bertz CT molecular complexity index is 171. The third-order valence-corrected chi connectivity index (χ3v) is 3.57. The number of nitrogens with zero attached hydrogens (tertiary/aromatic N) is 1. The minimum atomic E-state index is -0.0669. The van der Waals surface area contributed by atoms with Gasteiger partial charge in [0, 0.05) is 20.8 Å². The zero-order chi connectivity index (χ0) is 11.8. The van der Waals surface area contributed by atoms with Gasteiger partial charge in [0.1, 0.15) is 0 Å². The smallest absolute Gasteiger partial charge is 0.169 e. The second-order valence-electron chi connectivity index (χ2n) is 4.79. The van der Waals surface area contributed by atoms with Crippen LogP contribution in [0, 0.1) is 5.92 Å². The van der Waals surface area contributed by atoms with E-state index < -0.39 is 0 Å². The van der Waals surface area contributed by atoms with E-state index in [1.54, 1.807) is 14.2 Å². The third-order valence-electron chi connectivity index (χ3n) is 3.57. The molecule has 0 aliphatic carbocycles. The molecule has 0 aromatic heterocycles. The predicted octanol–water partition coefficient (Wildman–Crippen LogP) is 2.51. The van der Waals surface area contributed by atoms with Crippen molar-refractivity contribution in [2.24, 2.45) is 5.92 Å². The Morgan fingerprint density at radius 1 is 1.19 bits per heavy atom. The van der Waals surface area contributed by atoms with Gasteiger partial charge < -0.3 is 9.47 Å². The molecule has 1 rings (SSSR count). The van der Waals surface area contributed by atoms with Gasteiger partial charge in [0.2, 0.25) is 0 Å². The van der Waals surface area contributed by atoms with Gasteiger partial charge in [-0.15, -0.1) is 0 Å². The Balaban J connectivity index is 2.29. The highest BCUT2D eigenvalue weighted by atomic mass is 16.7. The monoisotopic (exact) mass is 229 g/mol. The average Bonchev–Trinajstić information content (AvgIpc) is 2.52. The molecule has 1 fully saturated rings. The summed E-state index contributed by atoms with van der Waals surface area (Å²) < 4.78 is 10.5. The summed E-state index contributed by atoms with van der Waals surface area (Å²) in [5, 5.41) is 0. The van der Waals surface area contributed by atoms with Crippen LogP contribution in [0.3, 0.4) is 0 Å². The summed E-state index contributed by atoms with van der Waals surface area (Å²) in [6, 6.07) is 0. The molecule has 0 radical (unpaired) electrons. The number of likely N-dealkylation sites (tertiary alicyclic amines) is 1. The van der Waals surface area contributed by atoms with Crippen LogP contribution in [0.15, 0.2) is 0 Å². The van der Waals surface area contributed by atoms with E-state index in [0.29, 0.717) is 0 Å². The lowest BCUT2D eigenvalue weighted by molar-refractivity contribution is -0.116. The first kappa shape index (κ1) is 13.9. The van der Waals surface area contributed by atoms with Crippen LogP contribution in [0.25, 0.3) is 0 Å². The summed E-state index contributed by atoms with van der Waals surface area (Å²) in [5.41, 5.74) is 0. The van der Waals surface area contributed by atoms with Crippen molar-refractivity contribution in [3.05, 3.63) is 0 Å². The summed E-state index contributed by atoms with van der Waals surface area (Å²) in [6.07, 6.45) is 6.71. The maximum absolute atomic E-state index is 5.25. The molecular weight excluding hydrogens is 202 g/mol. The van der Waals surface area contributed by atoms with E-state index in [-0.39, 0.29) is 6.29 Å². The van der Waals surface area contributed by atoms with E-state index in [0.717, 1.165) is 12.5 Å². The summed E-state index contributed by atoms with van der Waals surface area (Å²) in [7, 11) is 3.43. The van der Waals surface area contributed by atoms with Gasteiger partial charge in [-0.25, -0.2) is 0 Å². The Labute approximate surface area is 100 Å². The number of rotatable bonds is 6. The molecule has 0 N–H and O–H groups in total. The second-order valence-corrected chi connectivity index (χ2v) is 4.79. The fourth-order valence-corrected chi connectivity index (χ4v) is 2.56. The van der Waals surface area contributed by atoms with Crippen molar-refractivity contribution in [2.75, 3.05) is 33.9 Å². The van der Waals surface area contributed by atoms with Crippen LogP contribution in [0.4, 0.5) is 0 Å². The van der Waals surface area contributed by atoms with E-state index in [1.165, 1.54) is 45.2 Å². The maximum atomic E-state index is 5.25. The van der Waals surface area contributed by atoms with Crippen LogP contribution in [0.2, 0.25) is 0 Å². The van der Waals surface area contributed by atoms with Gasteiger partial charge in [-0.1, -0.05) is 19.8 Å². The maximum Gasteiger partial charge on any atom is 0.169 e. The molecule has 1 atom stereocenters. The van der Waals surface area contributed by atoms with Crippen molar-refractivity contribution in [3.63, 3.8) is 0 Å². The van der Waals surface area contributed by atoms with E-state index in [4.69, 9.17) is 9.47 Å². The Hall–Kier alpha value is -0.120. The Morgan fingerprint density at radius 3 is 2.56 bits per heavy atom. The SMILES string of the molecule is CCCC1CCCN(CC(OC)OC)CC1. The van der Waals surface area contributed by atoms with Crippen molar-refractivity contribution >= 4 is 0 Å². The fraction of sp³-hybridized carbons (Fsp3) is 1.00. The fourth-order valence-electron chi connectivity index (χ4n) is 2.56. The summed E-state index contributed by atoms with van der Waals surface area (Å²) >= 11 is 0. The molecule has 0 amide bonds. The molecule has 0 bridgehead atoms. The van der Waals surface area contributed by atoms with Crippen LogP contribution < -0.4 is 0 Å². The van der Waals surface area contributed by atoms with Gasteiger partial charge in [-0.3, -0.25) is 4.90 Å². The molecule has 1 unspecified atom stereocenters. The average molecular weight is 229 g/mol. The highest BCUT2D eigenvalue weighted by Gasteiger charge is 2.18. The topological polar surface area (TPSA) is 21.7 Å². The van der Waals surface area contributed by atoms with Gasteiger partial charge in [-0.05, 0) is 38.3 Å². The normalized spacial score (nSPS) is 23.6. The summed E-state index contributed by atoms with van der Waals surface area (Å²) in [5.74, 6) is 0.943. The van der Waals surface area contributed by atoms with Crippen molar-refractivity contribution < 1.29 is 9.47 Å². The molecule has 1 heterocycles. The van der Waals surface area contributed by atoms with Crippen LogP contribution in [-0.2, 0) is 9.47 Å². The molecule has 16 heavy (non-hydrogen) atoms. The highest BCUT2D eigenvalue weighted by molar-refractivity contribution is 4.70. The summed E-state index contributed by atoms with van der Waals surface area (Å²) in [4.78, 5) is 2.48. The summed E-state index contributed by atoms with van der Waals surface area (Å²) in [6.45, 7) is 5.59. The molecule has 1 saturated heterocycles. The quantitative estimate of drug-likeness (QED) is 0.653. The Morgan fingerprint density at radius 2 is 1.94 bits per heavy atom. The number of hydrogen-bond donors (Lipinski definition) is 0. The number of methoxy groups -OCH3 is 2. The second kappa shape index (κ2) is 8.04. The van der Waals surface area contributed by atoms with E-state index >= 15 is 0 Å². The van der Waals surface area contributed by atoms with Gasteiger partial charge >= 0.3 is 0 Å². The van der Waals surface area contributed by atoms with Gasteiger partial charge in [0.15, 0.2) is 6.29 Å². The lowest BCUT2D eigenvalue weighted by Gasteiger charge is -2.24. The molecule has 0 aromatic carbocycles. The van der Waals surface area contributed by atoms with Crippen LogP contribution in [0.1, 0.15) is 39.0 Å². The molecule has 3 nitrogen and oxygen atoms in total. The number of hydrogen-bond acceptors (Lipinski definition) is 3. The molecule has 3 heteroatoms. The van der Waals surface area contributed by atoms with Crippen LogP contribution >= 0.6 is 0 Å². The van der Waals surface area contributed by atoms with Gasteiger partial charge in [0.05, 0.1) is 0 Å². The largest absolute Gasteiger partial charge is 0.355 e. The van der Waals surface area contributed by atoms with Crippen molar-refractivity contribution in [1.82, 2.24) is 4.90 Å². The van der Waals surface area contributed by atoms with Crippen molar-refractivity contribution in [3.8, 4) is 0 Å². The Kier molecular flexibility index (Phi) is 7.01. The third kappa shape index (κ3) is 4.81. The molecule has 1 aliphatic rings. The van der Waals surface area contributed by atoms with Crippen LogP contribution in [-0.4, -0.2) is 45.0 Å². The van der Waals surface area contributed by atoms with E-state index in [1.807, 2.05) is 0 Å². The van der Waals surface area contributed by atoms with Gasteiger partial charge in [-0.2, -0.15) is 0 Å². The van der Waals surface area contributed by atoms with Crippen molar-refractivity contribution in [1.29, 1.82) is 0 Å². The zero-order valence-corrected chi connectivity index (χ0v) is 11.1. The molecule has 96 valence electrons. The number of ether oxygens (including phenoxy) is 2. The lowest BCUT2D eigenvalue weighted by atomic mass is 9.96.